The molecular formula is C21H26N4O3. The Kier molecular flexibility index (Phi) is 6.28. The fraction of sp³-hybridized carbons (Fsp3) is 0.333. The van der Waals surface area contributed by atoms with Crippen LogP contribution in [0.1, 0.15) is 29.8 Å². The molecule has 7 heteroatoms. The van der Waals surface area contributed by atoms with Crippen molar-refractivity contribution in [3.8, 4) is 0 Å². The topological polar surface area (TPSA) is 84.9 Å². The molecule has 148 valence electrons. The summed E-state index contributed by atoms with van der Waals surface area (Å²) in [5.41, 5.74) is 3.92. The number of hydrogen-bond donors (Lipinski definition) is 3. The number of anilines is 1. The van der Waals surface area contributed by atoms with E-state index in [-0.39, 0.29) is 18.1 Å². The molecule has 0 spiro atoms. The van der Waals surface area contributed by atoms with Crippen LogP contribution in [0.4, 0.5) is 10.5 Å². The molecule has 3 N–H and O–H groups in total. The zero-order chi connectivity index (χ0) is 20.1. The Morgan fingerprint density at radius 3 is 2.32 bits per heavy atom. The number of para-hydroxylation sites is 1. The van der Waals surface area contributed by atoms with Crippen molar-refractivity contribution in [1.82, 2.24) is 15.3 Å². The molecular weight excluding hydrogens is 356 g/mol. The maximum absolute atomic E-state index is 12.7. The SMILES string of the molecule is C[C@H]1CN(C(=O)Nc2ccccc2)[C@@H](C)CN1Cc1ccc(C(=O)NO)cc1. The van der Waals surface area contributed by atoms with E-state index in [0.717, 1.165) is 24.3 Å². The van der Waals surface area contributed by atoms with Crippen molar-refractivity contribution in [3.05, 3.63) is 65.7 Å². The molecule has 1 aliphatic heterocycles. The van der Waals surface area contributed by atoms with Crippen molar-refractivity contribution in [1.29, 1.82) is 0 Å². The van der Waals surface area contributed by atoms with E-state index in [2.05, 4.69) is 24.1 Å². The Morgan fingerprint density at radius 1 is 1.00 bits per heavy atom. The number of urea groups is 1. The van der Waals surface area contributed by atoms with Crippen LogP contribution in [-0.4, -0.2) is 52.1 Å². The lowest BCUT2D eigenvalue weighted by molar-refractivity contribution is 0.0627. The second-order valence-corrected chi connectivity index (χ2v) is 7.21. The standard InChI is InChI=1S/C21H26N4O3/c1-15-13-25(21(27)22-19-6-4-3-5-7-19)16(2)12-24(15)14-17-8-10-18(11-9-17)20(26)23-28/h3-11,15-16,28H,12-14H2,1-2H3,(H,22,27)(H,23,26)/t15-,16-/m0/s1. The van der Waals surface area contributed by atoms with E-state index in [4.69, 9.17) is 5.21 Å². The van der Waals surface area contributed by atoms with Gasteiger partial charge < -0.3 is 10.2 Å². The highest BCUT2D eigenvalue weighted by Gasteiger charge is 2.32. The molecule has 2 aromatic rings. The predicted molar refractivity (Wildman–Crippen MR) is 107 cm³/mol. The van der Waals surface area contributed by atoms with Gasteiger partial charge in [0.1, 0.15) is 0 Å². The van der Waals surface area contributed by atoms with E-state index in [1.807, 2.05) is 47.4 Å². The van der Waals surface area contributed by atoms with E-state index < -0.39 is 5.91 Å². The fourth-order valence-electron chi connectivity index (χ4n) is 3.48. The van der Waals surface area contributed by atoms with Crippen molar-refractivity contribution >= 4 is 17.6 Å². The molecule has 0 radical (unpaired) electrons. The molecule has 3 rings (SSSR count). The van der Waals surface area contributed by atoms with Crippen molar-refractivity contribution in [2.24, 2.45) is 0 Å². The monoisotopic (exact) mass is 382 g/mol. The number of carbonyl (C=O) groups is 2. The highest BCUT2D eigenvalue weighted by molar-refractivity contribution is 5.93. The number of carbonyl (C=O) groups excluding carboxylic acids is 2. The molecule has 1 saturated heterocycles. The van der Waals surface area contributed by atoms with Crippen LogP contribution in [-0.2, 0) is 6.54 Å². The van der Waals surface area contributed by atoms with Crippen LogP contribution < -0.4 is 10.8 Å². The Morgan fingerprint density at radius 2 is 1.68 bits per heavy atom. The molecule has 0 unspecified atom stereocenters. The van der Waals surface area contributed by atoms with Crippen molar-refractivity contribution in [3.63, 3.8) is 0 Å². The largest absolute Gasteiger partial charge is 0.322 e. The molecule has 1 aliphatic rings. The first-order valence-corrected chi connectivity index (χ1v) is 9.38. The second-order valence-electron chi connectivity index (χ2n) is 7.21. The Labute approximate surface area is 164 Å². The quantitative estimate of drug-likeness (QED) is 0.561. The van der Waals surface area contributed by atoms with Gasteiger partial charge in [0.25, 0.3) is 5.91 Å². The van der Waals surface area contributed by atoms with Gasteiger partial charge in [0.2, 0.25) is 0 Å². The van der Waals surface area contributed by atoms with Gasteiger partial charge in [0.15, 0.2) is 0 Å². The molecule has 0 saturated carbocycles. The summed E-state index contributed by atoms with van der Waals surface area (Å²) >= 11 is 0. The number of rotatable bonds is 4. The summed E-state index contributed by atoms with van der Waals surface area (Å²) in [7, 11) is 0. The zero-order valence-corrected chi connectivity index (χ0v) is 16.1. The lowest BCUT2D eigenvalue weighted by Gasteiger charge is -2.44. The number of benzene rings is 2. The lowest BCUT2D eigenvalue weighted by atomic mass is 10.1. The molecule has 0 bridgehead atoms. The highest BCUT2D eigenvalue weighted by Crippen LogP contribution is 2.20. The molecule has 7 nitrogen and oxygen atoms in total. The smallest absolute Gasteiger partial charge is 0.319 e. The van der Waals surface area contributed by atoms with Gasteiger partial charge in [-0.25, -0.2) is 10.3 Å². The molecule has 2 atom stereocenters. The number of hydroxylamine groups is 1. The second kappa shape index (κ2) is 8.86. The molecule has 1 fully saturated rings. The van der Waals surface area contributed by atoms with Crippen LogP contribution in [0.15, 0.2) is 54.6 Å². The molecule has 0 aliphatic carbocycles. The number of nitrogens with zero attached hydrogens (tertiary/aromatic N) is 2. The van der Waals surface area contributed by atoms with Gasteiger partial charge >= 0.3 is 6.03 Å². The number of nitrogens with one attached hydrogen (secondary N) is 2. The number of piperazine rings is 1. The average Bonchev–Trinajstić information content (AvgIpc) is 2.71. The summed E-state index contributed by atoms with van der Waals surface area (Å²) in [6.07, 6.45) is 0. The number of amides is 3. The molecule has 1 heterocycles. The predicted octanol–water partition coefficient (Wildman–Crippen LogP) is 2.93. The Balaban J connectivity index is 1.60. The summed E-state index contributed by atoms with van der Waals surface area (Å²) in [4.78, 5) is 28.3. The third-order valence-electron chi connectivity index (χ3n) is 5.10. The van der Waals surface area contributed by atoms with E-state index >= 15 is 0 Å². The summed E-state index contributed by atoms with van der Waals surface area (Å²) in [5.74, 6) is -0.522. The van der Waals surface area contributed by atoms with Crippen LogP contribution in [0.25, 0.3) is 0 Å². The highest BCUT2D eigenvalue weighted by atomic mass is 16.5. The average molecular weight is 382 g/mol. The van der Waals surface area contributed by atoms with Gasteiger partial charge in [-0.1, -0.05) is 30.3 Å². The van der Waals surface area contributed by atoms with Gasteiger partial charge in [0.05, 0.1) is 0 Å². The summed E-state index contributed by atoms with van der Waals surface area (Å²) in [6.45, 7) is 6.31. The first-order valence-electron chi connectivity index (χ1n) is 9.38. The lowest BCUT2D eigenvalue weighted by Crippen LogP contribution is -2.58. The van der Waals surface area contributed by atoms with Gasteiger partial charge in [0, 0.05) is 43.0 Å². The van der Waals surface area contributed by atoms with Gasteiger partial charge in [-0.2, -0.15) is 0 Å². The first-order chi connectivity index (χ1) is 13.5. The summed E-state index contributed by atoms with van der Waals surface area (Å²) in [5, 5.41) is 11.7. The molecule has 3 amide bonds. The fourth-order valence-corrected chi connectivity index (χ4v) is 3.48. The maximum Gasteiger partial charge on any atom is 0.322 e. The minimum Gasteiger partial charge on any atom is -0.319 e. The minimum absolute atomic E-state index is 0.0791. The normalized spacial score (nSPS) is 19.9. The first kappa shape index (κ1) is 19.9. The summed E-state index contributed by atoms with van der Waals surface area (Å²) < 4.78 is 0. The van der Waals surface area contributed by atoms with Crippen LogP contribution >= 0.6 is 0 Å². The van der Waals surface area contributed by atoms with E-state index in [9.17, 15) is 9.59 Å². The molecule has 2 aromatic carbocycles. The van der Waals surface area contributed by atoms with Crippen molar-refractivity contribution < 1.29 is 14.8 Å². The van der Waals surface area contributed by atoms with E-state index in [1.165, 1.54) is 0 Å². The van der Waals surface area contributed by atoms with E-state index in [0.29, 0.717) is 12.1 Å². The molecule has 28 heavy (non-hydrogen) atoms. The van der Waals surface area contributed by atoms with E-state index in [1.54, 1.807) is 17.6 Å². The van der Waals surface area contributed by atoms with Crippen LogP contribution in [0.2, 0.25) is 0 Å². The maximum atomic E-state index is 12.7. The Bertz CT molecular complexity index is 810. The van der Waals surface area contributed by atoms with Crippen LogP contribution in [0.5, 0.6) is 0 Å². The zero-order valence-electron chi connectivity index (χ0n) is 16.1. The van der Waals surface area contributed by atoms with Crippen molar-refractivity contribution in [2.75, 3.05) is 18.4 Å². The third kappa shape index (κ3) is 4.68. The Hall–Kier alpha value is -2.90. The van der Waals surface area contributed by atoms with Crippen LogP contribution in [0.3, 0.4) is 0 Å². The minimum atomic E-state index is -0.522. The van der Waals surface area contributed by atoms with Gasteiger partial charge in [-0.05, 0) is 43.7 Å². The summed E-state index contributed by atoms with van der Waals surface area (Å²) in [6, 6.07) is 16.8. The third-order valence-corrected chi connectivity index (χ3v) is 5.10. The van der Waals surface area contributed by atoms with Gasteiger partial charge in [-0.3, -0.25) is 14.9 Å². The number of hydrogen-bond acceptors (Lipinski definition) is 4. The molecule has 0 aromatic heterocycles. The van der Waals surface area contributed by atoms with Crippen LogP contribution in [0, 0.1) is 0 Å². The van der Waals surface area contributed by atoms with Crippen molar-refractivity contribution in [2.45, 2.75) is 32.5 Å². The van der Waals surface area contributed by atoms with Gasteiger partial charge in [-0.15, -0.1) is 0 Å².